The van der Waals surface area contributed by atoms with Crippen LogP contribution in [0, 0.1) is 6.92 Å². The lowest BCUT2D eigenvalue weighted by molar-refractivity contribution is 0.176. The Morgan fingerprint density at radius 1 is 1.10 bits per heavy atom. The summed E-state index contributed by atoms with van der Waals surface area (Å²) in [6.45, 7) is 3.34. The normalized spacial score (nSPS) is 12.7. The molecule has 0 aliphatic rings. The van der Waals surface area contributed by atoms with Crippen molar-refractivity contribution in [3.8, 4) is 0 Å². The van der Waals surface area contributed by atoms with Crippen molar-refractivity contribution in [2.75, 3.05) is 13.1 Å². The third kappa shape index (κ3) is 4.65. The molecule has 0 bridgehead atoms. The second-order valence-electron chi connectivity index (χ2n) is 4.90. The Hall–Kier alpha value is -1.90. The molecule has 2 rings (SSSR count). The van der Waals surface area contributed by atoms with Crippen LogP contribution in [-0.4, -0.2) is 18.2 Å². The number of aliphatic hydroxyl groups is 1. The maximum absolute atomic E-state index is 10.1. The van der Waals surface area contributed by atoms with E-state index in [0.717, 1.165) is 12.1 Å². The number of benzene rings is 2. The molecular weight excluding hydrogens is 246 g/mol. The van der Waals surface area contributed by atoms with E-state index in [1.165, 1.54) is 11.1 Å². The molecule has 0 heterocycles. The molecule has 2 N–H and O–H groups in total. The quantitative estimate of drug-likeness (QED) is 0.787. The highest BCUT2D eigenvalue weighted by molar-refractivity contribution is 5.48. The lowest BCUT2D eigenvalue weighted by Gasteiger charge is -2.11. The molecule has 2 nitrogen and oxygen atoms in total. The van der Waals surface area contributed by atoms with Gasteiger partial charge in [-0.15, -0.1) is 0 Å². The minimum atomic E-state index is -0.458. The summed E-state index contributed by atoms with van der Waals surface area (Å²) >= 11 is 0. The standard InChI is InChI=1S/C18H21NO/c1-15-7-5-11-17(13-15)18(20)14-19-12-6-10-16-8-3-2-4-9-16/h2-11,13,18-20H,12,14H2,1H3/b10-6+. The highest BCUT2D eigenvalue weighted by atomic mass is 16.3. The highest BCUT2D eigenvalue weighted by Crippen LogP contribution is 2.13. The fourth-order valence-electron chi connectivity index (χ4n) is 2.06. The summed E-state index contributed by atoms with van der Waals surface area (Å²) in [6.07, 6.45) is 3.68. The molecule has 104 valence electrons. The van der Waals surface area contributed by atoms with Crippen molar-refractivity contribution in [1.29, 1.82) is 0 Å². The largest absolute Gasteiger partial charge is 0.387 e. The molecular formula is C18H21NO. The van der Waals surface area contributed by atoms with Crippen LogP contribution in [-0.2, 0) is 0 Å². The number of hydrogen-bond donors (Lipinski definition) is 2. The van der Waals surface area contributed by atoms with Gasteiger partial charge in [0.25, 0.3) is 0 Å². The predicted octanol–water partition coefficient (Wildman–Crippen LogP) is 3.33. The smallest absolute Gasteiger partial charge is 0.0914 e. The monoisotopic (exact) mass is 267 g/mol. The third-order valence-electron chi connectivity index (χ3n) is 3.14. The molecule has 2 heteroatoms. The molecule has 20 heavy (non-hydrogen) atoms. The van der Waals surface area contributed by atoms with Crippen molar-refractivity contribution in [2.24, 2.45) is 0 Å². The zero-order chi connectivity index (χ0) is 14.2. The third-order valence-corrected chi connectivity index (χ3v) is 3.14. The van der Waals surface area contributed by atoms with E-state index in [0.29, 0.717) is 6.54 Å². The molecule has 1 unspecified atom stereocenters. The van der Waals surface area contributed by atoms with Crippen molar-refractivity contribution in [1.82, 2.24) is 5.32 Å². The van der Waals surface area contributed by atoms with Gasteiger partial charge < -0.3 is 10.4 Å². The summed E-state index contributed by atoms with van der Waals surface area (Å²) in [5, 5.41) is 13.3. The maximum Gasteiger partial charge on any atom is 0.0914 e. The number of rotatable bonds is 6. The fraction of sp³-hybridized carbons (Fsp3) is 0.222. The van der Waals surface area contributed by atoms with Crippen LogP contribution >= 0.6 is 0 Å². The Bertz CT molecular complexity index is 548. The fourth-order valence-corrected chi connectivity index (χ4v) is 2.06. The zero-order valence-corrected chi connectivity index (χ0v) is 11.8. The first-order valence-electron chi connectivity index (χ1n) is 6.92. The summed E-state index contributed by atoms with van der Waals surface area (Å²) in [4.78, 5) is 0. The van der Waals surface area contributed by atoms with Gasteiger partial charge in [0.15, 0.2) is 0 Å². The van der Waals surface area contributed by atoms with Gasteiger partial charge in [-0.2, -0.15) is 0 Å². The number of nitrogens with one attached hydrogen (secondary N) is 1. The Kier molecular flexibility index (Phi) is 5.54. The molecule has 2 aromatic rings. The van der Waals surface area contributed by atoms with Crippen LogP contribution in [0.2, 0.25) is 0 Å². The van der Waals surface area contributed by atoms with Gasteiger partial charge in [-0.1, -0.05) is 72.3 Å². The van der Waals surface area contributed by atoms with Gasteiger partial charge >= 0.3 is 0 Å². The molecule has 0 amide bonds. The first kappa shape index (κ1) is 14.5. The molecule has 0 spiro atoms. The average Bonchev–Trinajstić information content (AvgIpc) is 2.48. The summed E-state index contributed by atoms with van der Waals surface area (Å²) in [5.41, 5.74) is 3.32. The van der Waals surface area contributed by atoms with E-state index < -0.39 is 6.10 Å². The van der Waals surface area contributed by atoms with Gasteiger partial charge in [-0.25, -0.2) is 0 Å². The van der Waals surface area contributed by atoms with Gasteiger partial charge in [0, 0.05) is 13.1 Å². The van der Waals surface area contributed by atoms with Crippen LogP contribution in [0.4, 0.5) is 0 Å². The van der Waals surface area contributed by atoms with E-state index in [9.17, 15) is 5.11 Å². The number of aliphatic hydroxyl groups excluding tert-OH is 1. The highest BCUT2D eigenvalue weighted by Gasteiger charge is 2.05. The topological polar surface area (TPSA) is 32.3 Å². The molecule has 0 aliphatic carbocycles. The molecule has 1 atom stereocenters. The van der Waals surface area contributed by atoms with Crippen LogP contribution in [0.25, 0.3) is 6.08 Å². The Morgan fingerprint density at radius 3 is 2.65 bits per heavy atom. The van der Waals surface area contributed by atoms with Crippen molar-refractivity contribution < 1.29 is 5.11 Å². The van der Waals surface area contributed by atoms with E-state index in [2.05, 4.69) is 29.6 Å². The Labute approximate surface area is 120 Å². The van der Waals surface area contributed by atoms with Gasteiger partial charge in [-0.05, 0) is 18.1 Å². The minimum absolute atomic E-state index is 0.458. The first-order valence-corrected chi connectivity index (χ1v) is 6.92. The average molecular weight is 267 g/mol. The molecule has 0 aliphatic heterocycles. The van der Waals surface area contributed by atoms with Crippen LogP contribution in [0.15, 0.2) is 60.7 Å². The summed E-state index contributed by atoms with van der Waals surface area (Å²) in [6, 6.07) is 18.2. The Balaban J connectivity index is 1.74. The van der Waals surface area contributed by atoms with E-state index in [1.54, 1.807) is 0 Å². The van der Waals surface area contributed by atoms with E-state index in [1.807, 2.05) is 49.4 Å². The lowest BCUT2D eigenvalue weighted by Crippen LogP contribution is -2.21. The lowest BCUT2D eigenvalue weighted by atomic mass is 10.1. The van der Waals surface area contributed by atoms with Gasteiger partial charge in [-0.3, -0.25) is 0 Å². The van der Waals surface area contributed by atoms with Crippen LogP contribution in [0.3, 0.4) is 0 Å². The Morgan fingerprint density at radius 2 is 1.90 bits per heavy atom. The first-order chi connectivity index (χ1) is 9.75. The zero-order valence-electron chi connectivity index (χ0n) is 11.8. The molecule has 0 radical (unpaired) electrons. The van der Waals surface area contributed by atoms with Crippen LogP contribution in [0.1, 0.15) is 22.8 Å². The molecule has 0 saturated heterocycles. The number of aryl methyl sites for hydroxylation is 1. The van der Waals surface area contributed by atoms with Crippen molar-refractivity contribution in [3.63, 3.8) is 0 Å². The summed E-state index contributed by atoms with van der Waals surface area (Å²) < 4.78 is 0. The van der Waals surface area contributed by atoms with Crippen molar-refractivity contribution in [2.45, 2.75) is 13.0 Å². The molecule has 0 aromatic heterocycles. The van der Waals surface area contributed by atoms with E-state index >= 15 is 0 Å². The second kappa shape index (κ2) is 7.63. The van der Waals surface area contributed by atoms with Crippen LogP contribution in [0.5, 0.6) is 0 Å². The van der Waals surface area contributed by atoms with Crippen molar-refractivity contribution in [3.05, 3.63) is 77.4 Å². The van der Waals surface area contributed by atoms with E-state index in [4.69, 9.17) is 0 Å². The predicted molar refractivity (Wildman–Crippen MR) is 84.5 cm³/mol. The van der Waals surface area contributed by atoms with Crippen LogP contribution < -0.4 is 5.32 Å². The summed E-state index contributed by atoms with van der Waals surface area (Å²) in [7, 11) is 0. The maximum atomic E-state index is 10.1. The van der Waals surface area contributed by atoms with Gasteiger partial charge in [0.2, 0.25) is 0 Å². The molecule has 0 fully saturated rings. The SMILES string of the molecule is Cc1cccc(C(O)CNC/C=C/c2ccccc2)c1. The van der Waals surface area contributed by atoms with Crippen molar-refractivity contribution >= 4 is 6.08 Å². The number of hydrogen-bond acceptors (Lipinski definition) is 2. The summed E-state index contributed by atoms with van der Waals surface area (Å²) in [5.74, 6) is 0. The second-order valence-corrected chi connectivity index (χ2v) is 4.90. The van der Waals surface area contributed by atoms with Gasteiger partial charge in [0.05, 0.1) is 6.10 Å². The van der Waals surface area contributed by atoms with E-state index in [-0.39, 0.29) is 0 Å². The molecule has 0 saturated carbocycles. The molecule has 2 aromatic carbocycles. The minimum Gasteiger partial charge on any atom is -0.387 e. The van der Waals surface area contributed by atoms with Gasteiger partial charge in [0.1, 0.15) is 0 Å².